The van der Waals surface area contributed by atoms with Crippen molar-refractivity contribution in [2.24, 2.45) is 7.05 Å². The highest BCUT2D eigenvalue weighted by molar-refractivity contribution is 7.92. The quantitative estimate of drug-likeness (QED) is 0.905. The maximum Gasteiger partial charge on any atom is 0.336 e. The minimum atomic E-state index is -3.73. The van der Waals surface area contributed by atoms with Gasteiger partial charge in [-0.05, 0) is 43.2 Å². The average Bonchev–Trinajstić information content (AvgIpc) is 2.80. The van der Waals surface area contributed by atoms with E-state index in [4.69, 9.17) is 5.11 Å². The first-order chi connectivity index (χ1) is 9.70. The van der Waals surface area contributed by atoms with Crippen LogP contribution in [0.2, 0.25) is 0 Å². The minimum absolute atomic E-state index is 0.0840. The van der Waals surface area contributed by atoms with Gasteiger partial charge in [0, 0.05) is 25.1 Å². The Balaban J connectivity index is 2.42. The van der Waals surface area contributed by atoms with Gasteiger partial charge in [0.25, 0.3) is 10.0 Å². The second-order valence-electron chi connectivity index (χ2n) is 4.89. The number of aromatic nitrogens is 1. The lowest BCUT2D eigenvalue weighted by atomic mass is 10.0. The zero-order valence-corrected chi connectivity index (χ0v) is 12.7. The summed E-state index contributed by atoms with van der Waals surface area (Å²) >= 11 is 0. The number of carbonyl (C=O) groups is 1. The number of aromatic carboxylic acids is 1. The third-order valence-electron chi connectivity index (χ3n) is 3.27. The normalized spacial score (nSPS) is 11.4. The molecule has 21 heavy (non-hydrogen) atoms. The van der Waals surface area contributed by atoms with E-state index in [9.17, 15) is 13.2 Å². The number of hydrogen-bond acceptors (Lipinski definition) is 3. The number of nitrogens with one attached hydrogen (secondary N) is 1. The van der Waals surface area contributed by atoms with Crippen LogP contribution in [0.25, 0.3) is 0 Å². The molecule has 1 aromatic carbocycles. The predicted molar refractivity (Wildman–Crippen MR) is 79.1 cm³/mol. The molecule has 0 amide bonds. The van der Waals surface area contributed by atoms with Crippen molar-refractivity contribution in [1.29, 1.82) is 0 Å². The van der Waals surface area contributed by atoms with Crippen molar-refractivity contribution >= 4 is 21.7 Å². The lowest BCUT2D eigenvalue weighted by Crippen LogP contribution is -2.13. The summed E-state index contributed by atoms with van der Waals surface area (Å²) in [6, 6.07) is 4.41. The number of sulfonamides is 1. The maximum absolute atomic E-state index is 12.2. The number of hydrogen-bond donors (Lipinski definition) is 2. The van der Waals surface area contributed by atoms with Gasteiger partial charge in [0.15, 0.2) is 0 Å². The molecule has 0 saturated carbocycles. The van der Waals surface area contributed by atoms with E-state index in [0.29, 0.717) is 11.1 Å². The predicted octanol–water partition coefficient (Wildman–Crippen LogP) is 2.14. The molecule has 0 aliphatic rings. The average molecular weight is 308 g/mol. The van der Waals surface area contributed by atoms with Crippen LogP contribution in [0, 0.1) is 13.8 Å². The molecule has 0 fully saturated rings. The Bertz CT molecular complexity index is 806. The van der Waals surface area contributed by atoms with Crippen LogP contribution >= 0.6 is 0 Å². The van der Waals surface area contributed by atoms with E-state index in [1.165, 1.54) is 18.3 Å². The second-order valence-corrected chi connectivity index (χ2v) is 6.57. The van der Waals surface area contributed by atoms with Gasteiger partial charge < -0.3 is 9.67 Å². The Morgan fingerprint density at radius 1 is 1.29 bits per heavy atom. The van der Waals surface area contributed by atoms with Crippen molar-refractivity contribution < 1.29 is 18.3 Å². The second kappa shape index (κ2) is 5.25. The maximum atomic E-state index is 12.2. The monoisotopic (exact) mass is 308 g/mol. The van der Waals surface area contributed by atoms with Crippen LogP contribution in [0.15, 0.2) is 35.5 Å². The molecule has 0 atom stereocenters. The molecule has 112 valence electrons. The Kier molecular flexibility index (Phi) is 3.78. The number of rotatable bonds is 4. The summed E-state index contributed by atoms with van der Waals surface area (Å²) in [6.07, 6.45) is 3.10. The Morgan fingerprint density at radius 3 is 2.48 bits per heavy atom. The molecule has 0 spiro atoms. The van der Waals surface area contributed by atoms with Gasteiger partial charge in [0.2, 0.25) is 0 Å². The number of nitrogens with zero attached hydrogens (tertiary/aromatic N) is 1. The van der Waals surface area contributed by atoms with E-state index >= 15 is 0 Å². The summed E-state index contributed by atoms with van der Waals surface area (Å²) in [6.45, 7) is 3.43. The number of anilines is 1. The first-order valence-electron chi connectivity index (χ1n) is 6.20. The van der Waals surface area contributed by atoms with E-state index in [-0.39, 0.29) is 16.1 Å². The van der Waals surface area contributed by atoms with Gasteiger partial charge in [-0.3, -0.25) is 4.72 Å². The third-order valence-corrected chi connectivity index (χ3v) is 4.63. The van der Waals surface area contributed by atoms with Gasteiger partial charge in [-0.15, -0.1) is 0 Å². The first kappa shape index (κ1) is 15.1. The van der Waals surface area contributed by atoms with Crippen LogP contribution < -0.4 is 4.72 Å². The lowest BCUT2D eigenvalue weighted by Gasteiger charge is -2.11. The van der Waals surface area contributed by atoms with Crippen molar-refractivity contribution in [2.45, 2.75) is 18.7 Å². The van der Waals surface area contributed by atoms with Crippen molar-refractivity contribution in [3.63, 3.8) is 0 Å². The number of aryl methyl sites for hydroxylation is 2. The highest BCUT2D eigenvalue weighted by Gasteiger charge is 2.17. The summed E-state index contributed by atoms with van der Waals surface area (Å²) in [5, 5.41) is 9.15. The molecule has 7 heteroatoms. The van der Waals surface area contributed by atoms with Crippen molar-refractivity contribution in [1.82, 2.24) is 4.57 Å². The van der Waals surface area contributed by atoms with Crippen LogP contribution in [0.5, 0.6) is 0 Å². The van der Waals surface area contributed by atoms with E-state index in [1.54, 1.807) is 37.7 Å². The molecule has 0 aliphatic carbocycles. The summed E-state index contributed by atoms with van der Waals surface area (Å²) in [7, 11) is -2.01. The molecule has 6 nitrogen and oxygen atoms in total. The lowest BCUT2D eigenvalue weighted by molar-refractivity contribution is 0.0696. The number of carboxylic acid groups (broad SMARTS) is 1. The van der Waals surface area contributed by atoms with Gasteiger partial charge >= 0.3 is 5.97 Å². The standard InChI is InChI=1S/C14H16N2O4S/c1-9-6-11(7-13(10(9)2)14(17)18)15-21(19,20)12-4-5-16(3)8-12/h4-8,15H,1-3H3,(H,17,18). The van der Waals surface area contributed by atoms with E-state index in [1.807, 2.05) is 0 Å². The molecule has 1 heterocycles. The van der Waals surface area contributed by atoms with Crippen LogP contribution in [0.3, 0.4) is 0 Å². The van der Waals surface area contributed by atoms with Gasteiger partial charge in [-0.25, -0.2) is 13.2 Å². The fourth-order valence-electron chi connectivity index (χ4n) is 1.99. The number of benzene rings is 1. The SMILES string of the molecule is Cc1cc(NS(=O)(=O)c2ccn(C)c2)cc(C(=O)O)c1C. The van der Waals surface area contributed by atoms with Crippen molar-refractivity contribution in [3.8, 4) is 0 Å². The van der Waals surface area contributed by atoms with Gasteiger partial charge in [0.05, 0.1) is 5.56 Å². The van der Waals surface area contributed by atoms with Crippen LogP contribution in [0.1, 0.15) is 21.5 Å². The molecule has 0 radical (unpaired) electrons. The smallest absolute Gasteiger partial charge is 0.336 e. The molecule has 0 unspecified atom stereocenters. The van der Waals surface area contributed by atoms with Crippen molar-refractivity contribution in [3.05, 3.63) is 47.3 Å². The molecule has 0 aliphatic heterocycles. The van der Waals surface area contributed by atoms with Crippen LogP contribution in [-0.2, 0) is 17.1 Å². The third kappa shape index (κ3) is 3.08. The van der Waals surface area contributed by atoms with Crippen LogP contribution in [-0.4, -0.2) is 24.1 Å². The number of carboxylic acids is 1. The molecule has 0 bridgehead atoms. The zero-order chi connectivity index (χ0) is 15.8. The Morgan fingerprint density at radius 2 is 1.95 bits per heavy atom. The van der Waals surface area contributed by atoms with E-state index in [0.717, 1.165) is 0 Å². The molecular formula is C14H16N2O4S. The summed E-state index contributed by atoms with van der Waals surface area (Å²) in [4.78, 5) is 11.3. The largest absolute Gasteiger partial charge is 0.478 e. The molecule has 2 aromatic rings. The first-order valence-corrected chi connectivity index (χ1v) is 7.68. The topological polar surface area (TPSA) is 88.4 Å². The van der Waals surface area contributed by atoms with Crippen LogP contribution in [0.4, 0.5) is 5.69 Å². The molecule has 2 rings (SSSR count). The zero-order valence-electron chi connectivity index (χ0n) is 11.9. The Labute approximate surface area is 123 Å². The van der Waals surface area contributed by atoms with Crippen molar-refractivity contribution in [2.75, 3.05) is 4.72 Å². The molecule has 2 N–H and O–H groups in total. The van der Waals surface area contributed by atoms with E-state index in [2.05, 4.69) is 4.72 Å². The molecule has 1 aromatic heterocycles. The fourth-order valence-corrected chi connectivity index (χ4v) is 3.08. The van der Waals surface area contributed by atoms with Gasteiger partial charge in [-0.2, -0.15) is 0 Å². The summed E-state index contributed by atoms with van der Waals surface area (Å²) in [5.41, 5.74) is 1.64. The Hall–Kier alpha value is -2.28. The highest BCUT2D eigenvalue weighted by atomic mass is 32.2. The summed E-state index contributed by atoms with van der Waals surface area (Å²) < 4.78 is 28.5. The minimum Gasteiger partial charge on any atom is -0.478 e. The van der Waals surface area contributed by atoms with Gasteiger partial charge in [0.1, 0.15) is 4.90 Å². The highest BCUT2D eigenvalue weighted by Crippen LogP contribution is 2.22. The van der Waals surface area contributed by atoms with E-state index < -0.39 is 16.0 Å². The fraction of sp³-hybridized carbons (Fsp3) is 0.214. The molecular weight excluding hydrogens is 292 g/mol. The summed E-state index contributed by atoms with van der Waals surface area (Å²) in [5.74, 6) is -1.09. The molecule has 0 saturated heterocycles. The van der Waals surface area contributed by atoms with Gasteiger partial charge in [-0.1, -0.05) is 0 Å².